The average molecular weight is 501 g/mol. The number of nitrogens with zero attached hydrogens (tertiary/aromatic N) is 1. The zero-order chi connectivity index (χ0) is 22.9. The van der Waals surface area contributed by atoms with Gasteiger partial charge in [-0.1, -0.05) is 58.6 Å². The molecule has 2 aromatic rings. The Morgan fingerprint density at radius 3 is 2.41 bits per heavy atom. The monoisotopic (exact) mass is 500 g/mol. The van der Waals surface area contributed by atoms with Gasteiger partial charge in [-0.2, -0.15) is 0 Å². The van der Waals surface area contributed by atoms with Crippen molar-refractivity contribution >= 4 is 27.7 Å². The molecule has 0 aromatic heterocycles. The van der Waals surface area contributed by atoms with Gasteiger partial charge in [0.25, 0.3) is 0 Å². The number of amides is 2. The number of nitrogens with one attached hydrogen (secondary N) is 1. The van der Waals surface area contributed by atoms with Crippen LogP contribution in [0.4, 0.5) is 0 Å². The van der Waals surface area contributed by atoms with Crippen molar-refractivity contribution in [2.75, 3.05) is 6.61 Å². The number of hydrogen-bond acceptors (Lipinski definition) is 3. The second-order valence-electron chi connectivity index (χ2n) is 8.58. The van der Waals surface area contributed by atoms with Crippen LogP contribution in [-0.2, 0) is 16.1 Å². The highest BCUT2D eigenvalue weighted by Crippen LogP contribution is 2.19. The van der Waals surface area contributed by atoms with Crippen molar-refractivity contribution in [3.05, 3.63) is 64.1 Å². The molecule has 1 saturated carbocycles. The van der Waals surface area contributed by atoms with Crippen molar-refractivity contribution in [3.63, 3.8) is 0 Å². The zero-order valence-electron chi connectivity index (χ0n) is 19.0. The molecule has 2 aromatic carbocycles. The van der Waals surface area contributed by atoms with Gasteiger partial charge < -0.3 is 15.0 Å². The van der Waals surface area contributed by atoms with E-state index in [0.29, 0.717) is 26.0 Å². The summed E-state index contributed by atoms with van der Waals surface area (Å²) in [6.07, 6.45) is 5.29. The normalized spacial score (nSPS) is 14.7. The minimum Gasteiger partial charge on any atom is -0.494 e. The molecule has 6 heteroatoms. The smallest absolute Gasteiger partial charge is 0.242 e. The molecule has 3 rings (SSSR count). The van der Waals surface area contributed by atoms with Crippen LogP contribution >= 0.6 is 15.9 Å². The first kappa shape index (κ1) is 24.3. The summed E-state index contributed by atoms with van der Waals surface area (Å²) in [6, 6.07) is 15.5. The predicted octanol–water partition coefficient (Wildman–Crippen LogP) is 5.39. The van der Waals surface area contributed by atoms with Crippen LogP contribution in [0.1, 0.15) is 56.6 Å². The number of hydrogen-bond donors (Lipinski definition) is 1. The van der Waals surface area contributed by atoms with Gasteiger partial charge in [-0.15, -0.1) is 0 Å². The molecule has 1 N–H and O–H groups in total. The van der Waals surface area contributed by atoms with Gasteiger partial charge in [0.1, 0.15) is 11.8 Å². The van der Waals surface area contributed by atoms with Gasteiger partial charge in [0, 0.05) is 23.5 Å². The summed E-state index contributed by atoms with van der Waals surface area (Å²) >= 11 is 3.45. The summed E-state index contributed by atoms with van der Waals surface area (Å²) in [5.74, 6) is 0.701. The third kappa shape index (κ3) is 7.37. The first-order valence-electron chi connectivity index (χ1n) is 11.5. The maximum absolute atomic E-state index is 13.1. The van der Waals surface area contributed by atoms with Crippen LogP contribution < -0.4 is 10.1 Å². The number of aryl methyl sites for hydroxylation is 1. The van der Waals surface area contributed by atoms with Crippen LogP contribution in [0, 0.1) is 6.92 Å². The van der Waals surface area contributed by atoms with Crippen molar-refractivity contribution in [2.24, 2.45) is 0 Å². The molecule has 1 aliphatic carbocycles. The molecule has 0 heterocycles. The van der Waals surface area contributed by atoms with Crippen LogP contribution in [-0.4, -0.2) is 35.4 Å². The molecular weight excluding hydrogens is 468 g/mol. The predicted molar refractivity (Wildman–Crippen MR) is 130 cm³/mol. The maximum Gasteiger partial charge on any atom is 0.242 e. The summed E-state index contributed by atoms with van der Waals surface area (Å²) in [5.41, 5.74) is 2.18. The highest BCUT2D eigenvalue weighted by molar-refractivity contribution is 9.10. The Hall–Kier alpha value is -2.34. The van der Waals surface area contributed by atoms with Gasteiger partial charge >= 0.3 is 0 Å². The van der Waals surface area contributed by atoms with Gasteiger partial charge in [-0.05, 0) is 62.9 Å². The Balaban J connectivity index is 1.59. The lowest BCUT2D eigenvalue weighted by Gasteiger charge is -2.30. The third-order valence-electron chi connectivity index (χ3n) is 5.96. The molecule has 172 valence electrons. The van der Waals surface area contributed by atoms with Gasteiger partial charge in [0.05, 0.1) is 6.61 Å². The lowest BCUT2D eigenvalue weighted by atomic mass is 10.1. The second kappa shape index (κ2) is 12.0. The van der Waals surface area contributed by atoms with E-state index in [-0.39, 0.29) is 17.9 Å². The molecule has 0 bridgehead atoms. The minimum atomic E-state index is -0.523. The molecule has 0 unspecified atom stereocenters. The molecule has 32 heavy (non-hydrogen) atoms. The highest BCUT2D eigenvalue weighted by atomic mass is 79.9. The molecule has 0 saturated heterocycles. The average Bonchev–Trinajstić information content (AvgIpc) is 3.30. The first-order chi connectivity index (χ1) is 15.4. The van der Waals surface area contributed by atoms with Crippen LogP contribution in [0.25, 0.3) is 0 Å². The molecule has 5 nitrogen and oxygen atoms in total. The number of rotatable bonds is 10. The van der Waals surface area contributed by atoms with E-state index in [2.05, 4.69) is 21.2 Å². The fourth-order valence-electron chi connectivity index (χ4n) is 3.95. The first-order valence-corrected chi connectivity index (χ1v) is 12.3. The lowest BCUT2D eigenvalue weighted by molar-refractivity contribution is -0.141. The van der Waals surface area contributed by atoms with E-state index >= 15 is 0 Å². The van der Waals surface area contributed by atoms with E-state index in [0.717, 1.165) is 41.5 Å². The number of carbonyl (C=O) groups excluding carboxylic acids is 2. The standard InChI is InChI=1S/C26H33BrN2O3/c1-19-9-15-24(16-10-19)32-17-5-8-25(30)29(18-21-11-13-22(27)14-12-21)20(2)26(31)28-23-6-3-4-7-23/h9-16,20,23H,3-8,17-18H2,1-2H3,(H,28,31)/t20-/m1/s1. The Kier molecular flexibility index (Phi) is 9.15. The molecule has 1 fully saturated rings. The Bertz CT molecular complexity index is 877. The molecular formula is C26H33BrN2O3. The van der Waals surface area contributed by atoms with Crippen molar-refractivity contribution in [3.8, 4) is 5.75 Å². The van der Waals surface area contributed by atoms with E-state index in [9.17, 15) is 9.59 Å². The summed E-state index contributed by atoms with van der Waals surface area (Å²) in [6.45, 7) is 4.73. The molecule has 0 radical (unpaired) electrons. The van der Waals surface area contributed by atoms with Crippen LogP contribution in [0.2, 0.25) is 0 Å². The largest absolute Gasteiger partial charge is 0.494 e. The summed E-state index contributed by atoms with van der Waals surface area (Å²) in [7, 11) is 0. The topological polar surface area (TPSA) is 58.6 Å². The number of ether oxygens (including phenoxy) is 1. The van der Waals surface area contributed by atoms with Gasteiger partial charge in [-0.3, -0.25) is 9.59 Å². The minimum absolute atomic E-state index is 0.0329. The Labute approximate surface area is 199 Å². The summed E-state index contributed by atoms with van der Waals surface area (Å²) < 4.78 is 6.75. The van der Waals surface area contributed by atoms with Crippen molar-refractivity contribution in [2.45, 2.75) is 71.0 Å². The zero-order valence-corrected chi connectivity index (χ0v) is 20.6. The Morgan fingerprint density at radius 1 is 1.09 bits per heavy atom. The fourth-order valence-corrected chi connectivity index (χ4v) is 4.22. The van der Waals surface area contributed by atoms with Crippen molar-refractivity contribution < 1.29 is 14.3 Å². The van der Waals surface area contributed by atoms with Gasteiger partial charge in [-0.25, -0.2) is 0 Å². The van der Waals surface area contributed by atoms with Gasteiger partial charge in [0.15, 0.2) is 0 Å². The van der Waals surface area contributed by atoms with E-state index < -0.39 is 6.04 Å². The van der Waals surface area contributed by atoms with E-state index in [4.69, 9.17) is 4.74 Å². The molecule has 0 spiro atoms. The summed E-state index contributed by atoms with van der Waals surface area (Å²) in [4.78, 5) is 27.7. The van der Waals surface area contributed by atoms with Crippen LogP contribution in [0.5, 0.6) is 5.75 Å². The number of benzene rings is 2. The molecule has 2 amide bonds. The van der Waals surface area contributed by atoms with Crippen LogP contribution in [0.3, 0.4) is 0 Å². The number of carbonyl (C=O) groups is 2. The van der Waals surface area contributed by atoms with E-state index in [1.165, 1.54) is 5.56 Å². The molecule has 0 aliphatic heterocycles. The van der Waals surface area contributed by atoms with E-state index in [1.807, 2.05) is 62.4 Å². The molecule has 1 atom stereocenters. The third-order valence-corrected chi connectivity index (χ3v) is 6.49. The number of halogens is 1. The lowest BCUT2D eigenvalue weighted by Crippen LogP contribution is -2.49. The molecule has 1 aliphatic rings. The summed E-state index contributed by atoms with van der Waals surface area (Å²) in [5, 5.41) is 3.14. The van der Waals surface area contributed by atoms with Gasteiger partial charge in [0.2, 0.25) is 11.8 Å². The fraction of sp³-hybridized carbons (Fsp3) is 0.462. The Morgan fingerprint density at radius 2 is 1.75 bits per heavy atom. The van der Waals surface area contributed by atoms with E-state index in [1.54, 1.807) is 4.90 Å². The van der Waals surface area contributed by atoms with Crippen molar-refractivity contribution in [1.82, 2.24) is 10.2 Å². The second-order valence-corrected chi connectivity index (χ2v) is 9.49. The highest BCUT2D eigenvalue weighted by Gasteiger charge is 2.28. The quantitative estimate of drug-likeness (QED) is 0.444. The van der Waals surface area contributed by atoms with Crippen LogP contribution in [0.15, 0.2) is 53.0 Å². The van der Waals surface area contributed by atoms with Crippen molar-refractivity contribution in [1.29, 1.82) is 0 Å². The SMILES string of the molecule is Cc1ccc(OCCCC(=O)N(Cc2ccc(Br)cc2)[C@H](C)C(=O)NC2CCCC2)cc1. The maximum atomic E-state index is 13.1.